The quantitative estimate of drug-likeness (QED) is 0.694. The average molecular weight is 228 g/mol. The van der Waals surface area contributed by atoms with Gasteiger partial charge in [0.1, 0.15) is 0 Å². The van der Waals surface area contributed by atoms with Gasteiger partial charge in [0.2, 0.25) is 0 Å². The number of benzene rings is 1. The highest BCUT2D eigenvalue weighted by Gasteiger charge is 2.09. The van der Waals surface area contributed by atoms with Crippen molar-refractivity contribution in [2.24, 2.45) is 5.73 Å². The smallest absolute Gasteiger partial charge is 0.0460 e. The summed E-state index contributed by atoms with van der Waals surface area (Å²) in [6, 6.07) is 10.5. The second-order valence-electron chi connectivity index (χ2n) is 3.71. The van der Waals surface area contributed by atoms with Gasteiger partial charge in [0.25, 0.3) is 0 Å². The van der Waals surface area contributed by atoms with Gasteiger partial charge in [-0.05, 0) is 23.1 Å². The molecule has 0 saturated heterocycles. The number of nitrogens with two attached hydrogens (primary N) is 1. The van der Waals surface area contributed by atoms with E-state index in [9.17, 15) is 0 Å². The van der Waals surface area contributed by atoms with Crippen molar-refractivity contribution in [2.45, 2.75) is 6.54 Å². The first-order valence-electron chi connectivity index (χ1n) is 5.23. The van der Waals surface area contributed by atoms with Gasteiger partial charge in [-0.15, -0.1) is 11.3 Å². The van der Waals surface area contributed by atoms with E-state index in [1.165, 1.54) is 26.9 Å². The third-order valence-electron chi connectivity index (χ3n) is 2.81. The highest BCUT2D eigenvalue weighted by Crippen LogP contribution is 2.33. The standard InChI is InChI=1S/C13H12N2S/c14-7-13-10(5-6-16-13)11-8-15-12-4-2-1-3-9(11)12/h1-6,8,15H,7,14H2. The molecule has 1 aromatic carbocycles. The van der Waals surface area contributed by atoms with Crippen LogP contribution in [0.5, 0.6) is 0 Å². The molecule has 2 aromatic heterocycles. The fraction of sp³-hybridized carbons (Fsp3) is 0.0769. The van der Waals surface area contributed by atoms with Crippen molar-refractivity contribution in [1.29, 1.82) is 0 Å². The maximum Gasteiger partial charge on any atom is 0.0460 e. The van der Waals surface area contributed by atoms with Crippen LogP contribution in [0.2, 0.25) is 0 Å². The van der Waals surface area contributed by atoms with Gasteiger partial charge < -0.3 is 10.7 Å². The Morgan fingerprint density at radius 3 is 2.88 bits per heavy atom. The summed E-state index contributed by atoms with van der Waals surface area (Å²) in [6.45, 7) is 0.604. The molecule has 3 aromatic rings. The monoisotopic (exact) mass is 228 g/mol. The zero-order chi connectivity index (χ0) is 11.0. The Hall–Kier alpha value is -1.58. The SMILES string of the molecule is NCc1sccc1-c1c[nH]c2ccccc12. The van der Waals surface area contributed by atoms with E-state index in [4.69, 9.17) is 5.73 Å². The predicted molar refractivity (Wildman–Crippen MR) is 69.5 cm³/mol. The first kappa shape index (κ1) is 9.63. The summed E-state index contributed by atoms with van der Waals surface area (Å²) in [4.78, 5) is 4.53. The van der Waals surface area contributed by atoms with Crippen LogP contribution in [0.15, 0.2) is 41.9 Å². The van der Waals surface area contributed by atoms with Crippen LogP contribution >= 0.6 is 11.3 Å². The molecular formula is C13H12N2S. The summed E-state index contributed by atoms with van der Waals surface area (Å²) >= 11 is 1.72. The molecule has 80 valence electrons. The summed E-state index contributed by atoms with van der Waals surface area (Å²) in [5.74, 6) is 0. The molecule has 3 heteroatoms. The van der Waals surface area contributed by atoms with E-state index in [-0.39, 0.29) is 0 Å². The molecule has 0 aliphatic rings. The first-order valence-corrected chi connectivity index (χ1v) is 6.11. The van der Waals surface area contributed by atoms with Gasteiger partial charge in [0.15, 0.2) is 0 Å². The van der Waals surface area contributed by atoms with Crippen LogP contribution < -0.4 is 5.73 Å². The lowest BCUT2D eigenvalue weighted by atomic mass is 10.1. The molecule has 0 radical (unpaired) electrons. The predicted octanol–water partition coefficient (Wildman–Crippen LogP) is 3.36. The van der Waals surface area contributed by atoms with Gasteiger partial charge >= 0.3 is 0 Å². The Balaban J connectivity index is 2.26. The molecule has 0 amide bonds. The minimum absolute atomic E-state index is 0.604. The van der Waals surface area contributed by atoms with Gasteiger partial charge in [-0.2, -0.15) is 0 Å². The number of nitrogens with one attached hydrogen (secondary N) is 1. The van der Waals surface area contributed by atoms with Gasteiger partial charge in [0.05, 0.1) is 0 Å². The summed E-state index contributed by atoms with van der Waals surface area (Å²) in [5, 5.41) is 3.36. The number of aromatic amines is 1. The van der Waals surface area contributed by atoms with Crippen molar-refractivity contribution in [1.82, 2.24) is 4.98 Å². The Kier molecular flexibility index (Phi) is 2.27. The van der Waals surface area contributed by atoms with Gasteiger partial charge in [0, 0.05) is 34.1 Å². The number of rotatable bonds is 2. The molecule has 2 heterocycles. The van der Waals surface area contributed by atoms with Crippen LogP contribution in [0.1, 0.15) is 4.88 Å². The van der Waals surface area contributed by atoms with Crippen molar-refractivity contribution in [3.8, 4) is 11.1 Å². The molecule has 0 aliphatic heterocycles. The number of fused-ring (bicyclic) bond motifs is 1. The van der Waals surface area contributed by atoms with E-state index in [2.05, 4.69) is 40.8 Å². The van der Waals surface area contributed by atoms with Crippen LogP contribution in [-0.4, -0.2) is 4.98 Å². The molecule has 0 spiro atoms. The Morgan fingerprint density at radius 1 is 1.12 bits per heavy atom. The van der Waals surface area contributed by atoms with Crippen LogP contribution in [0.3, 0.4) is 0 Å². The van der Waals surface area contributed by atoms with Crippen molar-refractivity contribution < 1.29 is 0 Å². The highest BCUT2D eigenvalue weighted by atomic mass is 32.1. The molecule has 3 rings (SSSR count). The minimum atomic E-state index is 0.604. The summed E-state index contributed by atoms with van der Waals surface area (Å²) in [5.41, 5.74) is 9.42. The van der Waals surface area contributed by atoms with Crippen molar-refractivity contribution in [2.75, 3.05) is 0 Å². The van der Waals surface area contributed by atoms with Crippen molar-refractivity contribution in [3.63, 3.8) is 0 Å². The van der Waals surface area contributed by atoms with E-state index in [1.54, 1.807) is 11.3 Å². The molecule has 0 atom stereocenters. The Labute approximate surface area is 97.7 Å². The molecule has 0 saturated carbocycles. The number of para-hydroxylation sites is 1. The minimum Gasteiger partial charge on any atom is -0.361 e. The third-order valence-corrected chi connectivity index (χ3v) is 3.75. The van der Waals surface area contributed by atoms with E-state index >= 15 is 0 Å². The molecule has 2 nitrogen and oxygen atoms in total. The summed E-state index contributed by atoms with van der Waals surface area (Å²) in [7, 11) is 0. The lowest BCUT2D eigenvalue weighted by Gasteiger charge is -1.99. The molecular weight excluding hydrogens is 216 g/mol. The van der Waals surface area contributed by atoms with Gasteiger partial charge in [-0.25, -0.2) is 0 Å². The fourth-order valence-corrected chi connectivity index (χ4v) is 2.80. The maximum atomic E-state index is 5.75. The topological polar surface area (TPSA) is 41.8 Å². The average Bonchev–Trinajstić information content (AvgIpc) is 2.94. The summed E-state index contributed by atoms with van der Waals surface area (Å²) < 4.78 is 0. The highest BCUT2D eigenvalue weighted by molar-refractivity contribution is 7.10. The van der Waals surface area contributed by atoms with E-state index in [1.807, 2.05) is 6.07 Å². The molecule has 0 unspecified atom stereocenters. The van der Waals surface area contributed by atoms with Crippen molar-refractivity contribution >= 4 is 22.2 Å². The first-order chi connectivity index (χ1) is 7.90. The Bertz CT molecular complexity index is 621. The van der Waals surface area contributed by atoms with Gasteiger partial charge in [-0.1, -0.05) is 18.2 Å². The van der Waals surface area contributed by atoms with E-state index in [0.29, 0.717) is 6.54 Å². The lowest BCUT2D eigenvalue weighted by molar-refractivity contribution is 1.11. The fourth-order valence-electron chi connectivity index (χ4n) is 2.03. The molecule has 3 N–H and O–H groups in total. The normalized spacial score (nSPS) is 11.1. The van der Waals surface area contributed by atoms with Crippen LogP contribution in [0.4, 0.5) is 0 Å². The third kappa shape index (κ3) is 1.37. The zero-order valence-corrected chi connectivity index (χ0v) is 9.55. The number of hydrogen-bond acceptors (Lipinski definition) is 2. The number of hydrogen-bond donors (Lipinski definition) is 2. The van der Waals surface area contributed by atoms with Crippen molar-refractivity contribution in [3.05, 3.63) is 46.8 Å². The zero-order valence-electron chi connectivity index (χ0n) is 8.73. The lowest BCUT2D eigenvalue weighted by Crippen LogP contribution is -1.94. The van der Waals surface area contributed by atoms with Gasteiger partial charge in [-0.3, -0.25) is 0 Å². The second-order valence-corrected chi connectivity index (χ2v) is 4.71. The Morgan fingerprint density at radius 2 is 2.00 bits per heavy atom. The number of thiophene rings is 1. The molecule has 0 fully saturated rings. The van der Waals surface area contributed by atoms with Crippen LogP contribution in [0, 0.1) is 0 Å². The maximum absolute atomic E-state index is 5.75. The second kappa shape index (κ2) is 3.77. The molecule has 0 aliphatic carbocycles. The van der Waals surface area contributed by atoms with E-state index < -0.39 is 0 Å². The molecule has 0 bridgehead atoms. The van der Waals surface area contributed by atoms with E-state index in [0.717, 1.165) is 0 Å². The number of H-pyrrole nitrogens is 1. The number of aromatic nitrogens is 1. The molecule has 16 heavy (non-hydrogen) atoms. The summed E-state index contributed by atoms with van der Waals surface area (Å²) in [6.07, 6.45) is 2.06. The largest absolute Gasteiger partial charge is 0.361 e. The van der Waals surface area contributed by atoms with Crippen LogP contribution in [0.25, 0.3) is 22.0 Å². The van der Waals surface area contributed by atoms with Crippen LogP contribution in [-0.2, 0) is 6.54 Å².